The summed E-state index contributed by atoms with van der Waals surface area (Å²) in [5, 5.41) is 0. The van der Waals surface area contributed by atoms with Crippen LogP contribution in [0.1, 0.15) is 37.9 Å². The van der Waals surface area contributed by atoms with Gasteiger partial charge in [-0.15, -0.1) is 0 Å². The Labute approximate surface area is 221 Å². The molecule has 3 heterocycles. The minimum Gasteiger partial charge on any atom is -0.493 e. The van der Waals surface area contributed by atoms with Crippen molar-refractivity contribution in [1.82, 2.24) is 4.57 Å². The smallest absolute Gasteiger partial charge is 0.338 e. The normalized spacial score (nSPS) is 16.1. The van der Waals surface area contributed by atoms with E-state index in [4.69, 9.17) is 23.7 Å². The molecule has 11 heteroatoms. The van der Waals surface area contributed by atoms with Gasteiger partial charge >= 0.3 is 11.9 Å². The first kappa shape index (κ1) is 25.3. The van der Waals surface area contributed by atoms with Gasteiger partial charge in [0.15, 0.2) is 27.8 Å². The average Bonchev–Trinajstić information content (AvgIpc) is 3.47. The lowest BCUT2D eigenvalue weighted by molar-refractivity contribution is -0.139. The maximum Gasteiger partial charge on any atom is 0.338 e. The number of allylic oxidation sites excluding steroid dienone is 1. The first-order chi connectivity index (χ1) is 18.3. The molecule has 2 aromatic carbocycles. The van der Waals surface area contributed by atoms with Crippen molar-refractivity contribution in [3.8, 4) is 23.0 Å². The summed E-state index contributed by atoms with van der Waals surface area (Å²) in [5.74, 6) is 0.659. The van der Waals surface area contributed by atoms with Crippen LogP contribution in [0.4, 0.5) is 0 Å². The largest absolute Gasteiger partial charge is 0.493 e. The van der Waals surface area contributed by atoms with Crippen LogP contribution in [0.5, 0.6) is 23.0 Å². The standard InChI is InChI=1S/C27H24N2O8S/c1-5-34-26(32)23-14(2)28-27-29(24(23)17-7-9-19(37-15(3)30)20(12-17)33-4)25(31)22(38-27)11-16-6-8-18-21(10-16)36-13-35-18/h6-12,24H,5,13H2,1-4H3/b22-11-/t24-/m0/s1. The lowest BCUT2D eigenvalue weighted by Gasteiger charge is -2.25. The average molecular weight is 537 g/mol. The molecule has 0 bridgehead atoms. The zero-order valence-electron chi connectivity index (χ0n) is 21.1. The number of nitrogens with zero attached hydrogens (tertiary/aromatic N) is 2. The van der Waals surface area contributed by atoms with E-state index < -0.39 is 18.0 Å². The number of fused-ring (bicyclic) bond motifs is 2. The fourth-order valence-corrected chi connectivity index (χ4v) is 5.40. The number of esters is 2. The zero-order valence-corrected chi connectivity index (χ0v) is 21.9. The molecule has 196 valence electrons. The number of thiazole rings is 1. The van der Waals surface area contributed by atoms with Crippen molar-refractivity contribution in [2.45, 2.75) is 26.8 Å². The van der Waals surface area contributed by atoms with E-state index in [1.54, 1.807) is 50.3 Å². The van der Waals surface area contributed by atoms with Crippen molar-refractivity contribution in [2.75, 3.05) is 20.5 Å². The van der Waals surface area contributed by atoms with E-state index in [1.165, 1.54) is 29.9 Å². The third-order valence-electron chi connectivity index (χ3n) is 5.97. The molecule has 1 aromatic heterocycles. The lowest BCUT2D eigenvalue weighted by Crippen LogP contribution is -2.40. The summed E-state index contributed by atoms with van der Waals surface area (Å²) < 4.78 is 28.7. The topological polar surface area (TPSA) is 115 Å². The van der Waals surface area contributed by atoms with E-state index in [0.717, 1.165) is 5.56 Å². The highest BCUT2D eigenvalue weighted by molar-refractivity contribution is 7.07. The van der Waals surface area contributed by atoms with Crippen molar-refractivity contribution in [2.24, 2.45) is 4.99 Å². The first-order valence-electron chi connectivity index (χ1n) is 11.8. The molecular weight excluding hydrogens is 512 g/mol. The summed E-state index contributed by atoms with van der Waals surface area (Å²) in [7, 11) is 1.44. The molecule has 0 saturated heterocycles. The highest BCUT2D eigenvalue weighted by Gasteiger charge is 2.34. The van der Waals surface area contributed by atoms with Gasteiger partial charge in [0.2, 0.25) is 6.79 Å². The van der Waals surface area contributed by atoms with Gasteiger partial charge < -0.3 is 23.7 Å². The van der Waals surface area contributed by atoms with Crippen LogP contribution in [0.2, 0.25) is 0 Å². The van der Waals surface area contributed by atoms with E-state index >= 15 is 0 Å². The number of hydrogen-bond acceptors (Lipinski definition) is 10. The van der Waals surface area contributed by atoms with Gasteiger partial charge in [-0.2, -0.15) is 0 Å². The Bertz CT molecular complexity index is 1670. The van der Waals surface area contributed by atoms with E-state index in [0.29, 0.717) is 32.1 Å². The molecule has 0 unspecified atom stereocenters. The third-order valence-corrected chi connectivity index (χ3v) is 6.95. The van der Waals surface area contributed by atoms with Crippen LogP contribution < -0.4 is 33.8 Å². The van der Waals surface area contributed by atoms with Crippen LogP contribution in [-0.4, -0.2) is 37.0 Å². The Morgan fingerprint density at radius 1 is 1.16 bits per heavy atom. The Balaban J connectivity index is 1.69. The van der Waals surface area contributed by atoms with Gasteiger partial charge in [-0.25, -0.2) is 9.79 Å². The Hall–Kier alpha value is -4.38. The van der Waals surface area contributed by atoms with Crippen molar-refractivity contribution in [3.05, 3.63) is 78.5 Å². The predicted octanol–water partition coefficient (Wildman–Crippen LogP) is 2.46. The molecule has 38 heavy (non-hydrogen) atoms. The van der Waals surface area contributed by atoms with E-state index in [-0.39, 0.29) is 36.0 Å². The highest BCUT2D eigenvalue weighted by atomic mass is 32.1. The molecule has 1 atom stereocenters. The quantitative estimate of drug-likeness (QED) is 0.349. The predicted molar refractivity (Wildman–Crippen MR) is 137 cm³/mol. The van der Waals surface area contributed by atoms with Crippen LogP contribution in [0.3, 0.4) is 0 Å². The number of rotatable bonds is 6. The molecule has 0 aliphatic carbocycles. The summed E-state index contributed by atoms with van der Waals surface area (Å²) in [4.78, 5) is 43.4. The second-order valence-electron chi connectivity index (χ2n) is 8.42. The lowest BCUT2D eigenvalue weighted by atomic mass is 9.95. The van der Waals surface area contributed by atoms with Crippen LogP contribution in [0, 0.1) is 0 Å². The Kier molecular flexibility index (Phi) is 6.77. The molecule has 0 amide bonds. The molecular formula is C27H24N2O8S. The Morgan fingerprint density at radius 2 is 1.95 bits per heavy atom. The first-order valence-corrected chi connectivity index (χ1v) is 12.6. The molecule has 3 aromatic rings. The van der Waals surface area contributed by atoms with E-state index in [1.807, 2.05) is 6.07 Å². The molecule has 10 nitrogen and oxygen atoms in total. The molecule has 0 spiro atoms. The van der Waals surface area contributed by atoms with Crippen molar-refractivity contribution in [1.29, 1.82) is 0 Å². The third kappa shape index (κ3) is 4.56. The summed E-state index contributed by atoms with van der Waals surface area (Å²) in [6, 6.07) is 9.45. The molecule has 0 saturated carbocycles. The number of ether oxygens (including phenoxy) is 5. The van der Waals surface area contributed by atoms with Gasteiger partial charge in [-0.1, -0.05) is 23.5 Å². The zero-order chi connectivity index (χ0) is 27.0. The second kappa shape index (κ2) is 10.2. The van der Waals surface area contributed by atoms with E-state index in [2.05, 4.69) is 4.99 Å². The molecule has 2 aliphatic heterocycles. The fourth-order valence-electron chi connectivity index (χ4n) is 4.35. The number of aromatic nitrogens is 1. The number of carbonyl (C=O) groups is 2. The van der Waals surface area contributed by atoms with Gasteiger partial charge in [-0.3, -0.25) is 14.2 Å². The highest BCUT2D eigenvalue weighted by Crippen LogP contribution is 2.36. The summed E-state index contributed by atoms with van der Waals surface area (Å²) in [5.41, 5.74) is 1.66. The van der Waals surface area contributed by atoms with Crippen LogP contribution in [0.25, 0.3) is 6.08 Å². The van der Waals surface area contributed by atoms with Crippen molar-refractivity contribution >= 4 is 29.4 Å². The summed E-state index contributed by atoms with van der Waals surface area (Å²) >= 11 is 1.21. The minimum atomic E-state index is -0.843. The molecule has 0 N–H and O–H groups in total. The minimum absolute atomic E-state index is 0.149. The number of carbonyl (C=O) groups excluding carboxylic acids is 2. The maximum atomic E-state index is 13.8. The van der Waals surface area contributed by atoms with Crippen LogP contribution in [0.15, 0.2) is 57.5 Å². The monoisotopic (exact) mass is 536 g/mol. The molecule has 0 fully saturated rings. The van der Waals surface area contributed by atoms with Gasteiger partial charge in [0.25, 0.3) is 5.56 Å². The number of benzene rings is 2. The summed E-state index contributed by atoms with van der Waals surface area (Å²) in [6.45, 7) is 5.01. The van der Waals surface area contributed by atoms with Gasteiger partial charge in [0, 0.05) is 6.92 Å². The molecule has 5 rings (SSSR count). The van der Waals surface area contributed by atoms with Gasteiger partial charge in [0.05, 0.1) is 35.6 Å². The second-order valence-corrected chi connectivity index (χ2v) is 9.43. The molecule has 2 aliphatic rings. The number of hydrogen-bond donors (Lipinski definition) is 0. The molecule has 0 radical (unpaired) electrons. The Morgan fingerprint density at radius 3 is 2.68 bits per heavy atom. The maximum absolute atomic E-state index is 13.8. The van der Waals surface area contributed by atoms with Gasteiger partial charge in [0.1, 0.15) is 0 Å². The van der Waals surface area contributed by atoms with Crippen molar-refractivity contribution < 1.29 is 33.3 Å². The van der Waals surface area contributed by atoms with Gasteiger partial charge in [-0.05, 0) is 55.3 Å². The van der Waals surface area contributed by atoms with E-state index in [9.17, 15) is 14.4 Å². The number of methoxy groups -OCH3 is 1. The SMILES string of the molecule is CCOC(=O)C1=C(C)N=c2s/c(=C\c3ccc4c(c3)OCO4)c(=O)n2[C@H]1c1ccc(OC(C)=O)c(OC)c1. The van der Waals surface area contributed by atoms with Crippen LogP contribution >= 0.6 is 11.3 Å². The summed E-state index contributed by atoms with van der Waals surface area (Å²) in [6.07, 6.45) is 1.75. The fraction of sp³-hybridized carbons (Fsp3) is 0.259. The van der Waals surface area contributed by atoms with Crippen LogP contribution in [-0.2, 0) is 14.3 Å². The van der Waals surface area contributed by atoms with Crippen molar-refractivity contribution in [3.63, 3.8) is 0 Å².